The number of esters is 3. The lowest BCUT2D eigenvalue weighted by molar-refractivity contribution is -0.167. The topological polar surface area (TPSA) is 78.9 Å². The molecule has 0 radical (unpaired) electrons. The summed E-state index contributed by atoms with van der Waals surface area (Å²) in [4.78, 5) is 37.6. The maximum absolute atomic E-state index is 12.7. The average Bonchev–Trinajstić information content (AvgIpc) is 3.17. The van der Waals surface area contributed by atoms with Crippen molar-refractivity contribution in [1.82, 2.24) is 0 Å². The van der Waals surface area contributed by atoms with Crippen LogP contribution >= 0.6 is 0 Å². The molecule has 0 aromatic heterocycles. The highest BCUT2D eigenvalue weighted by Crippen LogP contribution is 2.14. The minimum absolute atomic E-state index is 0.0759. The fourth-order valence-electron chi connectivity index (χ4n) is 6.61. The van der Waals surface area contributed by atoms with Gasteiger partial charge in [0.25, 0.3) is 0 Å². The van der Waals surface area contributed by atoms with E-state index >= 15 is 0 Å². The molecule has 0 spiro atoms. The van der Waals surface area contributed by atoms with Crippen LogP contribution in [0, 0.1) is 0 Å². The Bertz CT molecular complexity index is 880. The second-order valence-electron chi connectivity index (χ2n) is 15.7. The highest BCUT2D eigenvalue weighted by molar-refractivity contribution is 5.71. The third kappa shape index (κ3) is 41.1. The normalized spacial score (nSPS) is 12.1. The number of ether oxygens (including phenoxy) is 3. The van der Waals surface area contributed by atoms with Crippen LogP contribution in [0.15, 0.2) is 24.3 Å². The van der Waals surface area contributed by atoms with Crippen LogP contribution in [-0.4, -0.2) is 37.2 Å². The van der Waals surface area contributed by atoms with E-state index < -0.39 is 6.10 Å². The van der Waals surface area contributed by atoms with Gasteiger partial charge >= 0.3 is 17.9 Å². The first-order chi connectivity index (χ1) is 26.5. The van der Waals surface area contributed by atoms with Gasteiger partial charge in [0.15, 0.2) is 6.10 Å². The third-order valence-electron chi connectivity index (χ3n) is 10.2. The maximum Gasteiger partial charge on any atom is 0.306 e. The summed E-state index contributed by atoms with van der Waals surface area (Å²) < 4.78 is 16.6. The van der Waals surface area contributed by atoms with Gasteiger partial charge in [-0.2, -0.15) is 0 Å². The molecule has 0 heterocycles. The van der Waals surface area contributed by atoms with Crippen LogP contribution in [0.3, 0.4) is 0 Å². The highest BCUT2D eigenvalue weighted by atomic mass is 16.6. The second kappa shape index (κ2) is 43.6. The molecule has 1 atom stereocenters. The second-order valence-corrected chi connectivity index (χ2v) is 15.7. The van der Waals surface area contributed by atoms with Gasteiger partial charge in [0.1, 0.15) is 13.2 Å². The summed E-state index contributed by atoms with van der Waals surface area (Å²) in [6.45, 7) is 6.56. The molecule has 0 amide bonds. The molecule has 0 fully saturated rings. The fourth-order valence-corrected chi connectivity index (χ4v) is 6.61. The average molecular weight is 761 g/mol. The van der Waals surface area contributed by atoms with Crippen molar-refractivity contribution in [1.29, 1.82) is 0 Å². The molecule has 6 nitrogen and oxygen atoms in total. The molecule has 0 aliphatic carbocycles. The van der Waals surface area contributed by atoms with E-state index in [1.54, 1.807) is 0 Å². The summed E-state index contributed by atoms with van der Waals surface area (Å²) in [6, 6.07) is 0. The smallest absolute Gasteiger partial charge is 0.306 e. The van der Waals surface area contributed by atoms with E-state index in [1.165, 1.54) is 135 Å². The van der Waals surface area contributed by atoms with Crippen molar-refractivity contribution in [3.05, 3.63) is 24.3 Å². The molecule has 0 aliphatic heterocycles. The summed E-state index contributed by atoms with van der Waals surface area (Å²) in [5.74, 6) is -0.898. The molecular formula is C48H88O6. The third-order valence-corrected chi connectivity index (χ3v) is 10.2. The van der Waals surface area contributed by atoms with E-state index in [4.69, 9.17) is 14.2 Å². The van der Waals surface area contributed by atoms with E-state index in [0.717, 1.165) is 70.6 Å². The Morgan fingerprint density at radius 2 is 0.611 bits per heavy atom. The van der Waals surface area contributed by atoms with Gasteiger partial charge in [-0.05, 0) is 70.6 Å². The van der Waals surface area contributed by atoms with E-state index in [1.807, 2.05) is 0 Å². The Morgan fingerprint density at radius 1 is 0.352 bits per heavy atom. The van der Waals surface area contributed by atoms with Gasteiger partial charge in [0.2, 0.25) is 0 Å². The van der Waals surface area contributed by atoms with Crippen LogP contribution in [0.4, 0.5) is 0 Å². The van der Waals surface area contributed by atoms with Crippen LogP contribution < -0.4 is 0 Å². The monoisotopic (exact) mass is 761 g/mol. The molecule has 0 saturated heterocycles. The lowest BCUT2D eigenvalue weighted by Crippen LogP contribution is -2.30. The predicted octanol–water partition coefficient (Wildman–Crippen LogP) is 14.8. The molecule has 316 valence electrons. The summed E-state index contributed by atoms with van der Waals surface area (Å²) in [6.07, 6.45) is 47.5. The van der Waals surface area contributed by atoms with Gasteiger partial charge in [-0.3, -0.25) is 14.4 Å². The van der Waals surface area contributed by atoms with Crippen molar-refractivity contribution in [2.24, 2.45) is 0 Å². The van der Waals surface area contributed by atoms with Gasteiger partial charge in [-0.25, -0.2) is 0 Å². The molecule has 1 unspecified atom stereocenters. The molecule has 0 rings (SSSR count). The zero-order valence-electron chi connectivity index (χ0n) is 36.0. The van der Waals surface area contributed by atoms with Crippen LogP contribution in [0.25, 0.3) is 0 Å². The number of hydrogen-bond acceptors (Lipinski definition) is 6. The van der Waals surface area contributed by atoms with Crippen molar-refractivity contribution in [2.75, 3.05) is 13.2 Å². The molecular weight excluding hydrogens is 673 g/mol. The zero-order chi connectivity index (χ0) is 39.4. The number of allylic oxidation sites excluding steroid dienone is 4. The predicted molar refractivity (Wildman–Crippen MR) is 229 cm³/mol. The molecule has 0 bridgehead atoms. The van der Waals surface area contributed by atoms with Gasteiger partial charge in [0.05, 0.1) is 0 Å². The van der Waals surface area contributed by atoms with Gasteiger partial charge in [0, 0.05) is 19.3 Å². The number of carbonyl (C=O) groups is 3. The summed E-state index contributed by atoms with van der Waals surface area (Å²) in [5, 5.41) is 0. The molecule has 0 aromatic carbocycles. The van der Waals surface area contributed by atoms with Crippen LogP contribution in [0.5, 0.6) is 0 Å². The summed E-state index contributed by atoms with van der Waals surface area (Å²) >= 11 is 0. The molecule has 0 saturated carbocycles. The summed E-state index contributed by atoms with van der Waals surface area (Å²) in [7, 11) is 0. The first-order valence-electron chi connectivity index (χ1n) is 23.3. The molecule has 0 aromatic rings. The van der Waals surface area contributed by atoms with Gasteiger partial charge in [-0.1, -0.05) is 180 Å². The van der Waals surface area contributed by atoms with Crippen molar-refractivity contribution in [2.45, 2.75) is 252 Å². The van der Waals surface area contributed by atoms with E-state index in [9.17, 15) is 14.4 Å². The van der Waals surface area contributed by atoms with E-state index in [2.05, 4.69) is 45.1 Å². The van der Waals surface area contributed by atoms with E-state index in [-0.39, 0.29) is 31.1 Å². The number of rotatable bonds is 42. The van der Waals surface area contributed by atoms with E-state index in [0.29, 0.717) is 19.3 Å². The number of hydrogen-bond donors (Lipinski definition) is 0. The van der Waals surface area contributed by atoms with Crippen molar-refractivity contribution in [3.63, 3.8) is 0 Å². The first kappa shape index (κ1) is 51.9. The van der Waals surface area contributed by atoms with Crippen LogP contribution in [-0.2, 0) is 28.6 Å². The minimum Gasteiger partial charge on any atom is -0.462 e. The Hall–Kier alpha value is -2.11. The Labute approximate surface area is 334 Å². The van der Waals surface area contributed by atoms with Crippen molar-refractivity contribution in [3.8, 4) is 0 Å². The number of unbranched alkanes of at least 4 members (excludes halogenated alkanes) is 27. The van der Waals surface area contributed by atoms with Crippen molar-refractivity contribution < 1.29 is 28.6 Å². The number of carbonyl (C=O) groups excluding carboxylic acids is 3. The SMILES string of the molecule is CCCCCCCC/C=C\CCCCCCCC(=O)OCC(COC(=O)CCCCCCCC)OC(=O)CCCCCCC/C=C\CCCCCCCC. The fraction of sp³-hybridized carbons (Fsp3) is 0.854. The van der Waals surface area contributed by atoms with Crippen LogP contribution in [0.1, 0.15) is 245 Å². The largest absolute Gasteiger partial charge is 0.462 e. The molecule has 6 heteroatoms. The summed E-state index contributed by atoms with van der Waals surface area (Å²) in [5.41, 5.74) is 0. The Kier molecular flexibility index (Phi) is 41.9. The lowest BCUT2D eigenvalue weighted by atomic mass is 10.1. The highest BCUT2D eigenvalue weighted by Gasteiger charge is 2.19. The Morgan fingerprint density at radius 3 is 0.926 bits per heavy atom. The molecule has 54 heavy (non-hydrogen) atoms. The van der Waals surface area contributed by atoms with Gasteiger partial charge in [-0.15, -0.1) is 0 Å². The maximum atomic E-state index is 12.7. The lowest BCUT2D eigenvalue weighted by Gasteiger charge is -2.18. The first-order valence-corrected chi connectivity index (χ1v) is 23.3. The van der Waals surface area contributed by atoms with Crippen molar-refractivity contribution >= 4 is 17.9 Å². The van der Waals surface area contributed by atoms with Crippen LogP contribution in [0.2, 0.25) is 0 Å². The van der Waals surface area contributed by atoms with Gasteiger partial charge < -0.3 is 14.2 Å². The Balaban J connectivity index is 4.27. The molecule has 0 aliphatic rings. The standard InChI is InChI=1S/C48H88O6/c1-4-7-10-13-16-18-20-22-24-26-28-30-32-35-38-41-47(50)53-44-45(43-52-46(49)40-37-34-15-12-9-6-3)54-48(51)42-39-36-33-31-29-27-25-23-21-19-17-14-11-8-5-2/h22-25,45H,4-21,26-44H2,1-3H3/b24-22-,25-23-. The quantitative estimate of drug-likeness (QED) is 0.0267. The zero-order valence-corrected chi connectivity index (χ0v) is 36.0. The minimum atomic E-state index is -0.771. The molecule has 0 N–H and O–H groups in total.